The summed E-state index contributed by atoms with van der Waals surface area (Å²) in [5, 5.41) is 8.45. The average Bonchev–Trinajstić information content (AvgIpc) is 2.69. The van der Waals surface area contributed by atoms with Crippen LogP contribution in [0.1, 0.15) is 19.3 Å². The Morgan fingerprint density at radius 3 is 2.71 bits per heavy atom. The molecule has 17 heavy (non-hydrogen) atoms. The van der Waals surface area contributed by atoms with Crippen LogP contribution >= 0.6 is 0 Å². The van der Waals surface area contributed by atoms with Crippen molar-refractivity contribution in [3.63, 3.8) is 0 Å². The van der Waals surface area contributed by atoms with Gasteiger partial charge in [-0.2, -0.15) is 0 Å². The van der Waals surface area contributed by atoms with E-state index in [4.69, 9.17) is 5.11 Å². The monoisotopic (exact) mass is 244 g/mol. The number of carbonyl (C=O) groups is 3. The maximum absolute atomic E-state index is 11.7. The highest BCUT2D eigenvalue weighted by atomic mass is 16.6. The van der Waals surface area contributed by atoms with Crippen molar-refractivity contribution in [1.82, 2.24) is 9.80 Å². The molecule has 1 N–H and O–H groups in total. The van der Waals surface area contributed by atoms with Crippen molar-refractivity contribution in [3.05, 3.63) is 0 Å². The summed E-state index contributed by atoms with van der Waals surface area (Å²) < 4.78 is 4.66. The number of amides is 3. The van der Waals surface area contributed by atoms with Gasteiger partial charge in [-0.25, -0.2) is 14.5 Å². The zero-order valence-corrected chi connectivity index (χ0v) is 9.72. The molecular formula is C10H16N2O5. The predicted molar refractivity (Wildman–Crippen MR) is 57.6 cm³/mol. The third-order valence-electron chi connectivity index (χ3n) is 2.45. The Kier molecular flexibility index (Phi) is 4.74. The Balaban J connectivity index is 2.27. The lowest BCUT2D eigenvalue weighted by molar-refractivity contribution is -0.137. The summed E-state index contributed by atoms with van der Waals surface area (Å²) in [7, 11) is 1.58. The van der Waals surface area contributed by atoms with Crippen LogP contribution in [0.25, 0.3) is 0 Å². The first-order valence-corrected chi connectivity index (χ1v) is 5.43. The molecule has 0 aromatic rings. The Labute approximate surface area is 98.9 Å². The number of urea groups is 1. The molecule has 0 spiro atoms. The highest BCUT2D eigenvalue weighted by Gasteiger charge is 2.30. The molecule has 0 unspecified atom stereocenters. The molecule has 7 nitrogen and oxygen atoms in total. The lowest BCUT2D eigenvalue weighted by atomic mass is 10.2. The van der Waals surface area contributed by atoms with Crippen LogP contribution in [0.2, 0.25) is 0 Å². The van der Waals surface area contributed by atoms with Gasteiger partial charge >= 0.3 is 18.1 Å². The normalized spacial score (nSPS) is 14.6. The van der Waals surface area contributed by atoms with Gasteiger partial charge in [-0.15, -0.1) is 0 Å². The molecule has 96 valence electrons. The number of unbranched alkanes of at least 4 members (excludes halogenated alkanes) is 1. The maximum Gasteiger partial charge on any atom is 0.418 e. The van der Waals surface area contributed by atoms with Crippen LogP contribution in [0.5, 0.6) is 0 Å². The largest absolute Gasteiger partial charge is 0.481 e. The second-order valence-corrected chi connectivity index (χ2v) is 3.82. The molecule has 1 aliphatic rings. The minimum Gasteiger partial charge on any atom is -0.481 e. The van der Waals surface area contributed by atoms with E-state index in [1.54, 1.807) is 7.05 Å². The molecular weight excluding hydrogens is 228 g/mol. The third kappa shape index (κ3) is 3.93. The van der Waals surface area contributed by atoms with E-state index in [0.717, 1.165) is 4.90 Å². The topological polar surface area (TPSA) is 87.2 Å². The smallest absolute Gasteiger partial charge is 0.418 e. The number of ether oxygens (including phenoxy) is 1. The van der Waals surface area contributed by atoms with Crippen molar-refractivity contribution in [1.29, 1.82) is 0 Å². The van der Waals surface area contributed by atoms with Crippen molar-refractivity contribution < 1.29 is 24.2 Å². The number of carbonyl (C=O) groups excluding carboxylic acids is 2. The van der Waals surface area contributed by atoms with E-state index >= 15 is 0 Å². The summed E-state index contributed by atoms with van der Waals surface area (Å²) in [6, 6.07) is -0.400. The summed E-state index contributed by atoms with van der Waals surface area (Å²) >= 11 is 0. The first kappa shape index (κ1) is 13.3. The summed E-state index contributed by atoms with van der Waals surface area (Å²) in [5.74, 6) is -0.845. The Bertz CT molecular complexity index is 318. The fourth-order valence-electron chi connectivity index (χ4n) is 1.49. The molecule has 0 aromatic heterocycles. The summed E-state index contributed by atoms with van der Waals surface area (Å²) in [6.45, 7) is 0.935. The minimum atomic E-state index is -0.845. The molecule has 1 fully saturated rings. The SMILES string of the molecule is CN(CCCCC(=O)O)C(=O)N1CCOC1=O. The van der Waals surface area contributed by atoms with E-state index < -0.39 is 18.1 Å². The molecule has 0 radical (unpaired) electrons. The van der Waals surface area contributed by atoms with Crippen LogP contribution < -0.4 is 0 Å². The minimum absolute atomic E-state index is 0.0911. The predicted octanol–water partition coefficient (Wildman–Crippen LogP) is 0.745. The zero-order chi connectivity index (χ0) is 12.8. The average molecular weight is 244 g/mol. The van der Waals surface area contributed by atoms with Crippen LogP contribution in [-0.2, 0) is 9.53 Å². The van der Waals surface area contributed by atoms with Gasteiger partial charge in [0.25, 0.3) is 0 Å². The number of imide groups is 1. The molecule has 0 saturated carbocycles. The quantitative estimate of drug-likeness (QED) is 0.721. The third-order valence-corrected chi connectivity index (χ3v) is 2.45. The molecule has 1 heterocycles. The summed E-state index contributed by atoms with van der Waals surface area (Å²) in [4.78, 5) is 35.6. The molecule has 1 rings (SSSR count). The van der Waals surface area contributed by atoms with Crippen LogP contribution in [0.15, 0.2) is 0 Å². The molecule has 1 aliphatic heterocycles. The van der Waals surface area contributed by atoms with Crippen LogP contribution in [0.4, 0.5) is 9.59 Å². The number of carboxylic acid groups (broad SMARTS) is 1. The van der Waals surface area contributed by atoms with Gasteiger partial charge in [-0.1, -0.05) is 0 Å². The van der Waals surface area contributed by atoms with Crippen molar-refractivity contribution in [2.45, 2.75) is 19.3 Å². The molecule has 0 aromatic carbocycles. The Hall–Kier alpha value is -1.79. The van der Waals surface area contributed by atoms with Crippen LogP contribution in [0, 0.1) is 0 Å². The summed E-state index contributed by atoms with van der Waals surface area (Å²) in [6.07, 6.45) is 0.579. The van der Waals surface area contributed by atoms with E-state index in [-0.39, 0.29) is 19.6 Å². The van der Waals surface area contributed by atoms with Gasteiger partial charge in [0, 0.05) is 20.0 Å². The maximum atomic E-state index is 11.7. The number of hydrogen-bond acceptors (Lipinski definition) is 4. The Morgan fingerprint density at radius 2 is 2.18 bits per heavy atom. The zero-order valence-electron chi connectivity index (χ0n) is 9.72. The number of rotatable bonds is 5. The van der Waals surface area contributed by atoms with Crippen molar-refractivity contribution in [2.24, 2.45) is 0 Å². The number of aliphatic carboxylic acids is 1. The number of cyclic esters (lactones) is 1. The van der Waals surface area contributed by atoms with Gasteiger partial charge in [0.1, 0.15) is 6.61 Å². The van der Waals surface area contributed by atoms with Gasteiger partial charge in [-0.05, 0) is 12.8 Å². The van der Waals surface area contributed by atoms with Gasteiger partial charge in [-0.3, -0.25) is 4.79 Å². The van der Waals surface area contributed by atoms with Gasteiger partial charge in [0.2, 0.25) is 0 Å². The van der Waals surface area contributed by atoms with Gasteiger partial charge in [0.15, 0.2) is 0 Å². The molecule has 7 heteroatoms. The lowest BCUT2D eigenvalue weighted by Crippen LogP contribution is -2.42. The second-order valence-electron chi connectivity index (χ2n) is 3.82. The van der Waals surface area contributed by atoms with E-state index in [1.807, 2.05) is 0 Å². The van der Waals surface area contributed by atoms with Crippen LogP contribution in [-0.4, -0.2) is 59.7 Å². The van der Waals surface area contributed by atoms with E-state index in [1.165, 1.54) is 4.90 Å². The molecule has 3 amide bonds. The van der Waals surface area contributed by atoms with E-state index in [9.17, 15) is 14.4 Å². The van der Waals surface area contributed by atoms with Gasteiger partial charge in [0.05, 0.1) is 6.54 Å². The first-order chi connectivity index (χ1) is 8.02. The molecule has 0 bridgehead atoms. The lowest BCUT2D eigenvalue weighted by Gasteiger charge is -2.21. The molecule has 1 saturated heterocycles. The number of carboxylic acids is 1. The van der Waals surface area contributed by atoms with Gasteiger partial charge < -0.3 is 14.7 Å². The van der Waals surface area contributed by atoms with Crippen molar-refractivity contribution >= 4 is 18.1 Å². The van der Waals surface area contributed by atoms with Crippen LogP contribution in [0.3, 0.4) is 0 Å². The van der Waals surface area contributed by atoms with Crippen molar-refractivity contribution in [2.75, 3.05) is 26.7 Å². The number of nitrogens with zero attached hydrogens (tertiary/aromatic N) is 2. The Morgan fingerprint density at radius 1 is 1.47 bits per heavy atom. The second kappa shape index (κ2) is 6.07. The van der Waals surface area contributed by atoms with E-state index in [0.29, 0.717) is 19.4 Å². The molecule has 0 aliphatic carbocycles. The number of hydrogen-bond donors (Lipinski definition) is 1. The van der Waals surface area contributed by atoms with E-state index in [2.05, 4.69) is 4.74 Å². The molecule has 0 atom stereocenters. The first-order valence-electron chi connectivity index (χ1n) is 5.43. The highest BCUT2D eigenvalue weighted by molar-refractivity contribution is 5.91. The fraction of sp³-hybridized carbons (Fsp3) is 0.700. The summed E-state index contributed by atoms with van der Waals surface area (Å²) in [5.41, 5.74) is 0. The standard InChI is InChI=1S/C10H16N2O5/c1-11(5-3-2-4-8(13)14)9(15)12-6-7-17-10(12)16/h2-7H2,1H3,(H,13,14). The fourth-order valence-corrected chi connectivity index (χ4v) is 1.49. The van der Waals surface area contributed by atoms with Crippen molar-refractivity contribution in [3.8, 4) is 0 Å². The highest BCUT2D eigenvalue weighted by Crippen LogP contribution is 2.07.